The SMILES string of the molecule is CCOCCCNC(=NCC(=O)N(C)C)NCCCN1CCCCC1C. The van der Waals surface area contributed by atoms with Gasteiger partial charge in [-0.25, -0.2) is 4.99 Å². The Bertz CT molecular complexity index is 415. The standard InChI is InChI=1S/C19H39N5O2/c1-5-26-15-9-12-21-19(22-16-18(25)23(3)4)20-11-8-14-24-13-7-6-10-17(24)2/h17H,5-16H2,1-4H3,(H2,20,21,22). The number of nitrogens with one attached hydrogen (secondary N) is 2. The van der Waals surface area contributed by atoms with Gasteiger partial charge in [0.1, 0.15) is 6.54 Å². The summed E-state index contributed by atoms with van der Waals surface area (Å²) >= 11 is 0. The van der Waals surface area contributed by atoms with Crippen LogP contribution in [0.1, 0.15) is 46.0 Å². The van der Waals surface area contributed by atoms with E-state index in [0.717, 1.165) is 45.7 Å². The molecule has 1 rings (SSSR count). The van der Waals surface area contributed by atoms with E-state index in [4.69, 9.17) is 4.74 Å². The molecule has 0 saturated carbocycles. The van der Waals surface area contributed by atoms with E-state index in [1.807, 2.05) is 6.92 Å². The van der Waals surface area contributed by atoms with Gasteiger partial charge in [0, 0.05) is 53.0 Å². The molecule has 1 saturated heterocycles. The molecule has 1 amide bonds. The predicted octanol–water partition coefficient (Wildman–Crippen LogP) is 1.30. The van der Waals surface area contributed by atoms with Gasteiger partial charge in [-0.1, -0.05) is 6.42 Å². The molecular weight excluding hydrogens is 330 g/mol. The van der Waals surface area contributed by atoms with Crippen molar-refractivity contribution >= 4 is 11.9 Å². The Kier molecular flexibility index (Phi) is 12.1. The van der Waals surface area contributed by atoms with Gasteiger partial charge in [0.05, 0.1) is 0 Å². The Labute approximate surface area is 159 Å². The van der Waals surface area contributed by atoms with E-state index >= 15 is 0 Å². The van der Waals surface area contributed by atoms with Crippen LogP contribution in [0.15, 0.2) is 4.99 Å². The molecule has 1 aliphatic heterocycles. The minimum atomic E-state index is 0.00237. The maximum Gasteiger partial charge on any atom is 0.243 e. The number of likely N-dealkylation sites (tertiary alicyclic amines) is 1. The van der Waals surface area contributed by atoms with Crippen molar-refractivity contribution in [2.75, 3.05) is 60.0 Å². The molecule has 7 nitrogen and oxygen atoms in total. The second-order valence-corrected chi connectivity index (χ2v) is 7.09. The molecule has 152 valence electrons. The summed E-state index contributed by atoms with van der Waals surface area (Å²) in [5.41, 5.74) is 0. The average molecular weight is 370 g/mol. The molecular formula is C19H39N5O2. The summed E-state index contributed by atoms with van der Waals surface area (Å²) in [4.78, 5) is 20.3. The Morgan fingerprint density at radius 1 is 1.23 bits per heavy atom. The Hall–Kier alpha value is -1.34. The first-order chi connectivity index (χ1) is 12.5. The van der Waals surface area contributed by atoms with Crippen LogP contribution >= 0.6 is 0 Å². The fraction of sp³-hybridized carbons (Fsp3) is 0.895. The van der Waals surface area contributed by atoms with Crippen molar-refractivity contribution in [1.82, 2.24) is 20.4 Å². The van der Waals surface area contributed by atoms with Crippen molar-refractivity contribution < 1.29 is 9.53 Å². The number of ether oxygens (including phenoxy) is 1. The van der Waals surface area contributed by atoms with E-state index in [1.54, 1.807) is 19.0 Å². The maximum atomic E-state index is 11.8. The number of piperidine rings is 1. The number of carbonyl (C=O) groups excluding carboxylic acids is 1. The number of nitrogens with zero attached hydrogens (tertiary/aromatic N) is 3. The molecule has 0 aromatic heterocycles. The number of guanidine groups is 1. The van der Waals surface area contributed by atoms with E-state index in [9.17, 15) is 4.79 Å². The van der Waals surface area contributed by atoms with Crippen molar-refractivity contribution in [3.63, 3.8) is 0 Å². The van der Waals surface area contributed by atoms with Crippen LogP contribution in [0, 0.1) is 0 Å². The fourth-order valence-electron chi connectivity index (χ4n) is 2.97. The topological polar surface area (TPSA) is 69.2 Å². The first-order valence-electron chi connectivity index (χ1n) is 10.1. The summed E-state index contributed by atoms with van der Waals surface area (Å²) in [6.07, 6.45) is 5.98. The Balaban J connectivity index is 2.34. The lowest BCUT2D eigenvalue weighted by molar-refractivity contribution is -0.127. The number of hydrogen-bond acceptors (Lipinski definition) is 4. The number of likely N-dealkylation sites (N-methyl/N-ethyl adjacent to an activating group) is 1. The van der Waals surface area contributed by atoms with Crippen LogP contribution in [0.3, 0.4) is 0 Å². The van der Waals surface area contributed by atoms with Gasteiger partial charge in [0.2, 0.25) is 5.91 Å². The molecule has 1 aliphatic rings. The third kappa shape index (κ3) is 9.97. The van der Waals surface area contributed by atoms with Crippen molar-refractivity contribution in [1.29, 1.82) is 0 Å². The second-order valence-electron chi connectivity index (χ2n) is 7.09. The summed E-state index contributed by atoms with van der Waals surface area (Å²) in [5.74, 6) is 0.714. The third-order valence-corrected chi connectivity index (χ3v) is 4.69. The summed E-state index contributed by atoms with van der Waals surface area (Å²) in [6.45, 7) is 9.94. The van der Waals surface area contributed by atoms with E-state index in [0.29, 0.717) is 12.0 Å². The smallest absolute Gasteiger partial charge is 0.243 e. The highest BCUT2D eigenvalue weighted by Gasteiger charge is 2.17. The van der Waals surface area contributed by atoms with Gasteiger partial charge in [-0.2, -0.15) is 0 Å². The van der Waals surface area contributed by atoms with Gasteiger partial charge >= 0.3 is 0 Å². The molecule has 2 N–H and O–H groups in total. The first kappa shape index (κ1) is 22.7. The van der Waals surface area contributed by atoms with Crippen LogP contribution in [0.2, 0.25) is 0 Å². The molecule has 0 radical (unpaired) electrons. The zero-order valence-electron chi connectivity index (χ0n) is 17.2. The minimum Gasteiger partial charge on any atom is -0.382 e. The van der Waals surface area contributed by atoms with Crippen LogP contribution in [-0.4, -0.2) is 87.7 Å². The van der Waals surface area contributed by atoms with Crippen LogP contribution in [0.25, 0.3) is 0 Å². The average Bonchev–Trinajstić information content (AvgIpc) is 2.63. The summed E-state index contributed by atoms with van der Waals surface area (Å²) < 4.78 is 5.35. The zero-order chi connectivity index (χ0) is 19.2. The zero-order valence-corrected chi connectivity index (χ0v) is 17.2. The van der Waals surface area contributed by atoms with Crippen LogP contribution in [-0.2, 0) is 9.53 Å². The molecule has 0 spiro atoms. The Morgan fingerprint density at radius 2 is 1.96 bits per heavy atom. The normalized spacial score (nSPS) is 18.6. The van der Waals surface area contributed by atoms with Gasteiger partial charge in [0.15, 0.2) is 5.96 Å². The molecule has 0 aliphatic carbocycles. The summed E-state index contributed by atoms with van der Waals surface area (Å²) in [6, 6.07) is 0.700. The van der Waals surface area contributed by atoms with Gasteiger partial charge < -0.3 is 25.2 Å². The molecule has 1 heterocycles. The van der Waals surface area contributed by atoms with Crippen LogP contribution in [0.4, 0.5) is 0 Å². The lowest BCUT2D eigenvalue weighted by Crippen LogP contribution is -2.42. The molecule has 26 heavy (non-hydrogen) atoms. The lowest BCUT2D eigenvalue weighted by Gasteiger charge is -2.33. The fourth-order valence-corrected chi connectivity index (χ4v) is 2.97. The predicted molar refractivity (Wildman–Crippen MR) is 108 cm³/mol. The molecule has 0 bridgehead atoms. The van der Waals surface area contributed by atoms with Gasteiger partial charge in [-0.15, -0.1) is 0 Å². The van der Waals surface area contributed by atoms with Crippen molar-refractivity contribution in [2.45, 2.75) is 52.0 Å². The number of rotatable bonds is 11. The monoisotopic (exact) mass is 369 g/mol. The largest absolute Gasteiger partial charge is 0.382 e. The lowest BCUT2D eigenvalue weighted by atomic mass is 10.0. The minimum absolute atomic E-state index is 0.00237. The van der Waals surface area contributed by atoms with Gasteiger partial charge in [-0.05, 0) is 46.1 Å². The van der Waals surface area contributed by atoms with Crippen LogP contribution in [0.5, 0.6) is 0 Å². The molecule has 7 heteroatoms. The Morgan fingerprint density at radius 3 is 2.62 bits per heavy atom. The molecule has 1 unspecified atom stereocenters. The van der Waals surface area contributed by atoms with Crippen molar-refractivity contribution in [2.24, 2.45) is 4.99 Å². The van der Waals surface area contributed by atoms with Crippen LogP contribution < -0.4 is 10.6 Å². The number of hydrogen-bond donors (Lipinski definition) is 2. The number of aliphatic imine (C=N–C) groups is 1. The van der Waals surface area contributed by atoms with Gasteiger partial charge in [-0.3, -0.25) is 4.79 Å². The third-order valence-electron chi connectivity index (χ3n) is 4.69. The van der Waals surface area contributed by atoms with E-state index < -0.39 is 0 Å². The van der Waals surface area contributed by atoms with E-state index in [2.05, 4.69) is 27.4 Å². The highest BCUT2D eigenvalue weighted by molar-refractivity contribution is 5.84. The van der Waals surface area contributed by atoms with Crippen molar-refractivity contribution in [3.05, 3.63) is 0 Å². The summed E-state index contributed by atoms with van der Waals surface area (Å²) in [7, 11) is 3.50. The highest BCUT2D eigenvalue weighted by Crippen LogP contribution is 2.15. The highest BCUT2D eigenvalue weighted by atomic mass is 16.5. The molecule has 0 aromatic rings. The quantitative estimate of drug-likeness (QED) is 0.326. The molecule has 0 aromatic carbocycles. The van der Waals surface area contributed by atoms with E-state index in [1.165, 1.54) is 25.8 Å². The molecule has 1 fully saturated rings. The maximum absolute atomic E-state index is 11.8. The van der Waals surface area contributed by atoms with Gasteiger partial charge in [0.25, 0.3) is 0 Å². The molecule has 1 atom stereocenters. The first-order valence-corrected chi connectivity index (χ1v) is 10.1. The number of carbonyl (C=O) groups is 1. The number of amides is 1. The van der Waals surface area contributed by atoms with E-state index in [-0.39, 0.29) is 12.5 Å². The summed E-state index contributed by atoms with van der Waals surface area (Å²) in [5, 5.41) is 6.65. The second kappa shape index (κ2) is 13.8. The van der Waals surface area contributed by atoms with Crippen molar-refractivity contribution in [3.8, 4) is 0 Å².